The van der Waals surface area contributed by atoms with Gasteiger partial charge in [-0.05, 0) is 48.0 Å². The molecule has 0 amide bonds. The lowest BCUT2D eigenvalue weighted by Crippen LogP contribution is -2.45. The standard InChI is InChI=1S/C12H14BrN3O2/c1-14-12(4-6-17-7-5-12)11-16-10-8(18-11)2-3-9(13)15-10/h2-3,14H,4-7H2,1H3. The predicted molar refractivity (Wildman–Crippen MR) is 70.3 cm³/mol. The van der Waals surface area contributed by atoms with E-state index in [4.69, 9.17) is 9.15 Å². The summed E-state index contributed by atoms with van der Waals surface area (Å²) in [5.41, 5.74) is 1.13. The number of ether oxygens (including phenoxy) is 1. The molecule has 1 aliphatic rings. The Morgan fingerprint density at radius 2 is 2.06 bits per heavy atom. The molecule has 3 rings (SSSR count). The molecule has 6 heteroatoms. The molecule has 0 bridgehead atoms. The molecular formula is C12H14BrN3O2. The first-order chi connectivity index (χ1) is 8.73. The van der Waals surface area contributed by atoms with Gasteiger partial charge in [-0.15, -0.1) is 0 Å². The van der Waals surface area contributed by atoms with Gasteiger partial charge in [-0.3, -0.25) is 0 Å². The van der Waals surface area contributed by atoms with Crippen LogP contribution in [0.4, 0.5) is 0 Å². The van der Waals surface area contributed by atoms with Gasteiger partial charge < -0.3 is 14.5 Å². The minimum atomic E-state index is -0.231. The van der Waals surface area contributed by atoms with Crippen LogP contribution in [-0.2, 0) is 10.3 Å². The van der Waals surface area contributed by atoms with Crippen LogP contribution in [0.1, 0.15) is 18.7 Å². The van der Waals surface area contributed by atoms with Crippen LogP contribution in [0.5, 0.6) is 0 Å². The first-order valence-corrected chi connectivity index (χ1v) is 6.73. The molecule has 1 N–H and O–H groups in total. The Labute approximate surface area is 113 Å². The molecule has 0 aliphatic carbocycles. The summed E-state index contributed by atoms with van der Waals surface area (Å²) in [6.45, 7) is 1.44. The molecular weight excluding hydrogens is 298 g/mol. The molecule has 1 saturated heterocycles. The van der Waals surface area contributed by atoms with Crippen LogP contribution in [0.25, 0.3) is 11.2 Å². The zero-order valence-electron chi connectivity index (χ0n) is 10.1. The van der Waals surface area contributed by atoms with E-state index in [1.807, 2.05) is 19.2 Å². The minimum Gasteiger partial charge on any atom is -0.437 e. The lowest BCUT2D eigenvalue weighted by molar-refractivity contribution is 0.0294. The third-order valence-electron chi connectivity index (χ3n) is 3.45. The van der Waals surface area contributed by atoms with Crippen LogP contribution < -0.4 is 5.32 Å². The van der Waals surface area contributed by atoms with Gasteiger partial charge in [0, 0.05) is 13.2 Å². The lowest BCUT2D eigenvalue weighted by atomic mass is 9.90. The molecule has 0 radical (unpaired) electrons. The van der Waals surface area contributed by atoms with Crippen LogP contribution in [0.3, 0.4) is 0 Å². The van der Waals surface area contributed by atoms with Crippen molar-refractivity contribution in [1.82, 2.24) is 15.3 Å². The highest BCUT2D eigenvalue weighted by atomic mass is 79.9. The largest absolute Gasteiger partial charge is 0.437 e. The van der Waals surface area contributed by atoms with Crippen molar-refractivity contribution >= 4 is 27.2 Å². The van der Waals surface area contributed by atoms with E-state index >= 15 is 0 Å². The summed E-state index contributed by atoms with van der Waals surface area (Å²) in [5, 5.41) is 3.33. The van der Waals surface area contributed by atoms with Gasteiger partial charge in [0.15, 0.2) is 11.2 Å². The van der Waals surface area contributed by atoms with E-state index in [0.29, 0.717) is 17.1 Å². The van der Waals surface area contributed by atoms with Gasteiger partial charge in [-0.1, -0.05) is 0 Å². The second-order valence-corrected chi connectivity index (χ2v) is 5.23. The maximum absolute atomic E-state index is 5.84. The van der Waals surface area contributed by atoms with E-state index in [2.05, 4.69) is 31.2 Å². The average Bonchev–Trinajstić information content (AvgIpc) is 2.83. The van der Waals surface area contributed by atoms with Gasteiger partial charge in [0.1, 0.15) is 4.60 Å². The fourth-order valence-corrected chi connectivity index (χ4v) is 2.59. The molecule has 0 saturated carbocycles. The van der Waals surface area contributed by atoms with E-state index in [9.17, 15) is 0 Å². The van der Waals surface area contributed by atoms with E-state index in [-0.39, 0.29) is 5.54 Å². The summed E-state index contributed by atoms with van der Waals surface area (Å²) in [7, 11) is 1.93. The van der Waals surface area contributed by atoms with Gasteiger partial charge in [-0.2, -0.15) is 4.98 Å². The molecule has 2 aromatic heterocycles. The van der Waals surface area contributed by atoms with Crippen molar-refractivity contribution in [2.24, 2.45) is 0 Å². The van der Waals surface area contributed by atoms with Crippen molar-refractivity contribution in [2.45, 2.75) is 18.4 Å². The van der Waals surface area contributed by atoms with E-state index < -0.39 is 0 Å². The van der Waals surface area contributed by atoms with Crippen molar-refractivity contribution in [2.75, 3.05) is 20.3 Å². The molecule has 2 aromatic rings. The molecule has 0 spiro atoms. The third kappa shape index (κ3) is 1.94. The molecule has 0 aromatic carbocycles. The van der Waals surface area contributed by atoms with Crippen molar-refractivity contribution < 1.29 is 9.15 Å². The molecule has 1 aliphatic heterocycles. The van der Waals surface area contributed by atoms with Gasteiger partial charge in [0.05, 0.1) is 5.54 Å². The van der Waals surface area contributed by atoms with Crippen LogP contribution in [0.2, 0.25) is 0 Å². The molecule has 0 atom stereocenters. The van der Waals surface area contributed by atoms with Gasteiger partial charge in [0.25, 0.3) is 0 Å². The second-order valence-electron chi connectivity index (χ2n) is 4.42. The van der Waals surface area contributed by atoms with Crippen molar-refractivity contribution in [3.05, 3.63) is 22.6 Å². The maximum atomic E-state index is 5.84. The number of fused-ring (bicyclic) bond motifs is 1. The SMILES string of the molecule is CNC1(c2nc3nc(Br)ccc3o2)CCOCC1. The number of pyridine rings is 1. The van der Waals surface area contributed by atoms with Gasteiger partial charge in [-0.25, -0.2) is 4.98 Å². The Kier molecular flexibility index (Phi) is 3.09. The van der Waals surface area contributed by atoms with Crippen LogP contribution in [0.15, 0.2) is 21.2 Å². The van der Waals surface area contributed by atoms with Crippen LogP contribution in [-0.4, -0.2) is 30.2 Å². The summed E-state index contributed by atoms with van der Waals surface area (Å²) in [6, 6.07) is 3.74. The Hall–Kier alpha value is -0.980. The highest BCUT2D eigenvalue weighted by Crippen LogP contribution is 2.33. The summed E-state index contributed by atoms with van der Waals surface area (Å²) in [5.74, 6) is 0.703. The van der Waals surface area contributed by atoms with Crippen LogP contribution >= 0.6 is 15.9 Å². The number of aromatic nitrogens is 2. The van der Waals surface area contributed by atoms with E-state index in [0.717, 1.165) is 30.7 Å². The highest BCUT2D eigenvalue weighted by molar-refractivity contribution is 9.10. The number of hydrogen-bond acceptors (Lipinski definition) is 5. The monoisotopic (exact) mass is 311 g/mol. The second kappa shape index (κ2) is 4.60. The lowest BCUT2D eigenvalue weighted by Gasteiger charge is -2.33. The fourth-order valence-electron chi connectivity index (χ4n) is 2.29. The fraction of sp³-hybridized carbons (Fsp3) is 0.500. The molecule has 1 fully saturated rings. The summed E-state index contributed by atoms with van der Waals surface area (Å²) >= 11 is 3.34. The quantitative estimate of drug-likeness (QED) is 0.862. The Balaban J connectivity index is 2.06. The Morgan fingerprint density at radius 1 is 1.28 bits per heavy atom. The molecule has 0 unspecified atom stereocenters. The average molecular weight is 312 g/mol. The van der Waals surface area contributed by atoms with E-state index in [1.54, 1.807) is 0 Å². The summed E-state index contributed by atoms with van der Waals surface area (Å²) in [4.78, 5) is 8.82. The third-order valence-corrected chi connectivity index (χ3v) is 3.90. The number of rotatable bonds is 2. The number of oxazole rings is 1. The van der Waals surface area contributed by atoms with E-state index in [1.165, 1.54) is 0 Å². The van der Waals surface area contributed by atoms with Gasteiger partial charge in [0.2, 0.25) is 5.89 Å². The first kappa shape index (κ1) is 12.1. The zero-order chi connectivity index (χ0) is 12.6. The van der Waals surface area contributed by atoms with Crippen molar-refractivity contribution in [3.63, 3.8) is 0 Å². The predicted octanol–water partition coefficient (Wildman–Crippen LogP) is 2.21. The Morgan fingerprint density at radius 3 is 2.78 bits per heavy atom. The summed E-state index contributed by atoms with van der Waals surface area (Å²) in [6.07, 6.45) is 1.72. The Bertz CT molecular complexity index is 563. The maximum Gasteiger partial charge on any atom is 0.217 e. The molecule has 5 nitrogen and oxygen atoms in total. The zero-order valence-corrected chi connectivity index (χ0v) is 11.7. The number of hydrogen-bond donors (Lipinski definition) is 1. The minimum absolute atomic E-state index is 0.231. The van der Waals surface area contributed by atoms with Gasteiger partial charge >= 0.3 is 0 Å². The summed E-state index contributed by atoms with van der Waals surface area (Å²) < 4.78 is 12.0. The smallest absolute Gasteiger partial charge is 0.217 e. The van der Waals surface area contributed by atoms with Crippen molar-refractivity contribution in [1.29, 1.82) is 0 Å². The number of halogens is 1. The molecule has 18 heavy (non-hydrogen) atoms. The first-order valence-electron chi connectivity index (χ1n) is 5.94. The van der Waals surface area contributed by atoms with Crippen LogP contribution in [0, 0.1) is 0 Å². The number of nitrogens with zero attached hydrogens (tertiary/aromatic N) is 2. The number of nitrogens with one attached hydrogen (secondary N) is 1. The van der Waals surface area contributed by atoms with Crippen molar-refractivity contribution in [3.8, 4) is 0 Å². The molecule has 96 valence electrons. The normalized spacial score (nSPS) is 19.2. The highest BCUT2D eigenvalue weighted by Gasteiger charge is 2.37. The molecule has 3 heterocycles. The topological polar surface area (TPSA) is 60.2 Å².